The quantitative estimate of drug-likeness (QED) is 0.893. The Morgan fingerprint density at radius 2 is 2.28 bits per heavy atom. The smallest absolute Gasteiger partial charge is 0.276 e. The average Bonchev–Trinajstić information content (AvgIpc) is 3.12. The molecule has 6 heteroatoms. The third-order valence-electron chi connectivity index (χ3n) is 3.30. The number of hydrogen-bond donors (Lipinski definition) is 2. The van der Waals surface area contributed by atoms with Gasteiger partial charge >= 0.3 is 0 Å². The van der Waals surface area contributed by atoms with E-state index < -0.39 is 0 Å². The van der Waals surface area contributed by atoms with Crippen molar-refractivity contribution >= 4 is 23.1 Å². The van der Waals surface area contributed by atoms with Gasteiger partial charge in [0, 0.05) is 23.1 Å². The van der Waals surface area contributed by atoms with Crippen LogP contribution in [0.25, 0.3) is 0 Å². The highest BCUT2D eigenvalue weighted by Crippen LogP contribution is 2.33. The minimum Gasteiger partial charge on any atom is -0.304 e. The molecule has 0 saturated heterocycles. The van der Waals surface area contributed by atoms with Gasteiger partial charge in [-0.25, -0.2) is 4.98 Å². The van der Waals surface area contributed by atoms with Gasteiger partial charge in [0.2, 0.25) is 0 Å². The van der Waals surface area contributed by atoms with Gasteiger partial charge in [-0.2, -0.15) is 5.10 Å². The summed E-state index contributed by atoms with van der Waals surface area (Å²) in [5.41, 5.74) is 3.20. The second kappa shape index (κ2) is 4.89. The van der Waals surface area contributed by atoms with Crippen LogP contribution in [-0.4, -0.2) is 21.1 Å². The molecule has 0 aliphatic heterocycles. The maximum absolute atomic E-state index is 11.8. The zero-order valence-electron chi connectivity index (χ0n) is 9.85. The fraction of sp³-hybridized carbons (Fsp3) is 0.417. The molecule has 1 aliphatic carbocycles. The Kier molecular flexibility index (Phi) is 3.10. The van der Waals surface area contributed by atoms with E-state index in [1.54, 1.807) is 10.9 Å². The number of amides is 1. The van der Waals surface area contributed by atoms with E-state index in [1.807, 2.05) is 6.07 Å². The topological polar surface area (TPSA) is 70.7 Å². The van der Waals surface area contributed by atoms with Crippen molar-refractivity contribution in [1.29, 1.82) is 0 Å². The maximum atomic E-state index is 11.8. The zero-order valence-corrected chi connectivity index (χ0v) is 10.7. The number of carbonyl (C=O) groups excluding carboxylic acids is 1. The predicted molar refractivity (Wildman–Crippen MR) is 69.9 cm³/mol. The van der Waals surface area contributed by atoms with Gasteiger partial charge in [-0.1, -0.05) is 12.8 Å². The molecule has 3 rings (SSSR count). The molecule has 2 aromatic heterocycles. The number of anilines is 1. The van der Waals surface area contributed by atoms with Crippen molar-refractivity contribution in [2.75, 3.05) is 5.32 Å². The van der Waals surface area contributed by atoms with E-state index in [-0.39, 0.29) is 5.91 Å². The molecule has 1 fully saturated rings. The third kappa shape index (κ3) is 2.28. The van der Waals surface area contributed by atoms with Crippen molar-refractivity contribution in [3.05, 3.63) is 28.3 Å². The minimum absolute atomic E-state index is 0.208. The van der Waals surface area contributed by atoms with E-state index in [4.69, 9.17) is 0 Å². The Morgan fingerprint density at radius 3 is 3.00 bits per heavy atom. The largest absolute Gasteiger partial charge is 0.304 e. The van der Waals surface area contributed by atoms with Gasteiger partial charge in [-0.15, -0.1) is 11.3 Å². The highest BCUT2D eigenvalue weighted by atomic mass is 32.1. The molecule has 1 amide bonds. The lowest BCUT2D eigenvalue weighted by Gasteiger charge is -2.03. The molecular formula is C12H14N4OS. The zero-order chi connectivity index (χ0) is 12.4. The fourth-order valence-electron chi connectivity index (χ4n) is 2.35. The normalized spacial score (nSPS) is 16.0. The van der Waals surface area contributed by atoms with Crippen LogP contribution in [0.3, 0.4) is 0 Å². The summed E-state index contributed by atoms with van der Waals surface area (Å²) in [5.74, 6) is 0.943. The van der Waals surface area contributed by atoms with Crippen molar-refractivity contribution in [2.45, 2.75) is 31.6 Å². The van der Waals surface area contributed by atoms with Crippen LogP contribution < -0.4 is 5.32 Å². The van der Waals surface area contributed by atoms with E-state index in [9.17, 15) is 4.79 Å². The van der Waals surface area contributed by atoms with Crippen LogP contribution >= 0.6 is 11.3 Å². The van der Waals surface area contributed by atoms with Crippen LogP contribution in [0.5, 0.6) is 0 Å². The van der Waals surface area contributed by atoms with Gasteiger partial charge in [-0.3, -0.25) is 9.89 Å². The van der Waals surface area contributed by atoms with E-state index in [0.29, 0.717) is 17.4 Å². The first-order chi connectivity index (χ1) is 8.83. The lowest BCUT2D eigenvalue weighted by molar-refractivity contribution is 0.102. The summed E-state index contributed by atoms with van der Waals surface area (Å²) in [6.45, 7) is 0. The van der Waals surface area contributed by atoms with Gasteiger partial charge in [0.15, 0.2) is 5.82 Å². The van der Waals surface area contributed by atoms with Gasteiger partial charge in [0.25, 0.3) is 5.91 Å². The molecule has 0 unspecified atom stereocenters. The number of H-pyrrole nitrogens is 1. The van der Waals surface area contributed by atoms with Gasteiger partial charge in [0.05, 0.1) is 5.51 Å². The number of aromatic amines is 1. The lowest BCUT2D eigenvalue weighted by atomic mass is 10.0. The Bertz CT molecular complexity index is 528. The van der Waals surface area contributed by atoms with Crippen LogP contribution in [-0.2, 0) is 0 Å². The molecule has 0 bridgehead atoms. The van der Waals surface area contributed by atoms with E-state index in [2.05, 4.69) is 20.5 Å². The molecule has 0 spiro atoms. The predicted octanol–water partition coefficient (Wildman–Crippen LogP) is 2.78. The Labute approximate surface area is 109 Å². The second-order valence-corrected chi connectivity index (χ2v) is 5.24. The highest BCUT2D eigenvalue weighted by molar-refractivity contribution is 7.07. The van der Waals surface area contributed by atoms with Crippen molar-refractivity contribution in [2.24, 2.45) is 0 Å². The third-order valence-corrected chi connectivity index (χ3v) is 3.89. The van der Waals surface area contributed by atoms with E-state index >= 15 is 0 Å². The Hall–Kier alpha value is -1.69. The SMILES string of the molecule is O=C(Nc1cc(C2CCCC2)[nH]n1)c1cscn1. The standard InChI is InChI=1S/C12H14N4OS/c17-12(10-6-18-7-13-10)14-11-5-9(15-16-11)8-3-1-2-4-8/h5-8H,1-4H2,(H2,14,15,16,17). The molecule has 1 aliphatic rings. The molecule has 1 saturated carbocycles. The summed E-state index contributed by atoms with van der Waals surface area (Å²) in [5, 5.41) is 11.6. The Balaban J connectivity index is 1.68. The summed E-state index contributed by atoms with van der Waals surface area (Å²) in [6.07, 6.45) is 4.98. The minimum atomic E-state index is -0.208. The first-order valence-electron chi connectivity index (χ1n) is 6.08. The van der Waals surface area contributed by atoms with Crippen LogP contribution in [0, 0.1) is 0 Å². The molecule has 0 aromatic carbocycles. The number of nitrogens with zero attached hydrogens (tertiary/aromatic N) is 2. The van der Waals surface area contributed by atoms with E-state index in [0.717, 1.165) is 5.69 Å². The van der Waals surface area contributed by atoms with Crippen LogP contribution in [0.2, 0.25) is 0 Å². The lowest BCUT2D eigenvalue weighted by Crippen LogP contribution is -2.12. The van der Waals surface area contributed by atoms with Gasteiger partial charge in [-0.05, 0) is 12.8 Å². The number of hydrogen-bond acceptors (Lipinski definition) is 4. The first kappa shape index (κ1) is 11.4. The molecule has 2 heterocycles. The Morgan fingerprint density at radius 1 is 1.44 bits per heavy atom. The molecular weight excluding hydrogens is 248 g/mol. The number of thiazole rings is 1. The summed E-state index contributed by atoms with van der Waals surface area (Å²) in [6, 6.07) is 1.93. The summed E-state index contributed by atoms with van der Waals surface area (Å²) >= 11 is 1.40. The monoisotopic (exact) mass is 262 g/mol. The first-order valence-corrected chi connectivity index (χ1v) is 7.02. The van der Waals surface area contributed by atoms with Gasteiger partial charge < -0.3 is 5.32 Å². The molecule has 94 valence electrons. The molecule has 5 nitrogen and oxygen atoms in total. The number of carbonyl (C=O) groups is 1. The fourth-order valence-corrected chi connectivity index (χ4v) is 2.88. The number of rotatable bonds is 3. The van der Waals surface area contributed by atoms with Crippen molar-refractivity contribution in [3.8, 4) is 0 Å². The molecule has 2 aromatic rings. The molecule has 18 heavy (non-hydrogen) atoms. The van der Waals surface area contributed by atoms with Crippen molar-refractivity contribution in [1.82, 2.24) is 15.2 Å². The summed E-state index contributed by atoms with van der Waals surface area (Å²) in [7, 11) is 0. The average molecular weight is 262 g/mol. The van der Waals surface area contributed by atoms with Crippen molar-refractivity contribution in [3.63, 3.8) is 0 Å². The number of aromatic nitrogens is 3. The van der Waals surface area contributed by atoms with E-state index in [1.165, 1.54) is 37.0 Å². The second-order valence-electron chi connectivity index (χ2n) is 4.52. The highest BCUT2D eigenvalue weighted by Gasteiger charge is 2.19. The van der Waals surface area contributed by atoms with Gasteiger partial charge in [0.1, 0.15) is 5.69 Å². The molecule has 2 N–H and O–H groups in total. The molecule has 0 radical (unpaired) electrons. The summed E-state index contributed by atoms with van der Waals surface area (Å²) < 4.78 is 0. The van der Waals surface area contributed by atoms with Crippen LogP contribution in [0.4, 0.5) is 5.82 Å². The van der Waals surface area contributed by atoms with Crippen LogP contribution in [0.1, 0.15) is 47.8 Å². The summed E-state index contributed by atoms with van der Waals surface area (Å²) in [4.78, 5) is 15.7. The van der Waals surface area contributed by atoms with Crippen LogP contribution in [0.15, 0.2) is 17.0 Å². The number of nitrogens with one attached hydrogen (secondary N) is 2. The van der Waals surface area contributed by atoms with Crippen molar-refractivity contribution < 1.29 is 4.79 Å². The molecule has 0 atom stereocenters. The maximum Gasteiger partial charge on any atom is 0.276 e.